The van der Waals surface area contributed by atoms with E-state index in [1.807, 2.05) is 24.3 Å². The van der Waals surface area contributed by atoms with Crippen LogP contribution in [0.2, 0.25) is 10.0 Å². The SMILES string of the molecule is CCc1ccc(NC(=O)C(C)OC(=O)C=Cc2ccc(Cl)c(Cl)c2)cc1. The maximum atomic E-state index is 12.1. The Hall–Kier alpha value is -2.30. The van der Waals surface area contributed by atoms with Gasteiger partial charge in [0.15, 0.2) is 6.10 Å². The lowest BCUT2D eigenvalue weighted by Gasteiger charge is -2.12. The summed E-state index contributed by atoms with van der Waals surface area (Å²) < 4.78 is 5.11. The minimum Gasteiger partial charge on any atom is -0.449 e. The van der Waals surface area contributed by atoms with Crippen molar-refractivity contribution in [1.82, 2.24) is 0 Å². The molecule has 1 amide bonds. The van der Waals surface area contributed by atoms with Crippen LogP contribution in [0.3, 0.4) is 0 Å². The van der Waals surface area contributed by atoms with Gasteiger partial charge in [-0.05, 0) is 54.8 Å². The van der Waals surface area contributed by atoms with Gasteiger partial charge >= 0.3 is 5.97 Å². The average molecular weight is 392 g/mol. The molecule has 0 aliphatic carbocycles. The molecule has 0 heterocycles. The number of carbonyl (C=O) groups excluding carboxylic acids is 2. The van der Waals surface area contributed by atoms with E-state index in [0.29, 0.717) is 21.3 Å². The first-order valence-corrected chi connectivity index (χ1v) is 8.88. The number of aryl methyl sites for hydroxylation is 1. The van der Waals surface area contributed by atoms with Crippen molar-refractivity contribution in [3.05, 3.63) is 69.7 Å². The van der Waals surface area contributed by atoms with Gasteiger partial charge in [-0.3, -0.25) is 4.79 Å². The first-order valence-electron chi connectivity index (χ1n) is 8.12. The van der Waals surface area contributed by atoms with E-state index in [-0.39, 0.29) is 0 Å². The molecule has 136 valence electrons. The number of rotatable bonds is 6. The molecule has 6 heteroatoms. The number of amides is 1. The van der Waals surface area contributed by atoms with Crippen LogP contribution in [0.25, 0.3) is 6.08 Å². The summed E-state index contributed by atoms with van der Waals surface area (Å²) in [5.41, 5.74) is 2.53. The van der Waals surface area contributed by atoms with Gasteiger partial charge in [-0.15, -0.1) is 0 Å². The molecule has 1 N–H and O–H groups in total. The van der Waals surface area contributed by atoms with E-state index >= 15 is 0 Å². The Morgan fingerprint density at radius 2 is 1.81 bits per heavy atom. The van der Waals surface area contributed by atoms with E-state index in [4.69, 9.17) is 27.9 Å². The van der Waals surface area contributed by atoms with Crippen LogP contribution in [-0.2, 0) is 20.7 Å². The van der Waals surface area contributed by atoms with E-state index in [2.05, 4.69) is 12.2 Å². The molecule has 0 fully saturated rings. The highest BCUT2D eigenvalue weighted by atomic mass is 35.5. The lowest BCUT2D eigenvalue weighted by atomic mass is 10.1. The van der Waals surface area contributed by atoms with Crippen molar-refractivity contribution < 1.29 is 14.3 Å². The van der Waals surface area contributed by atoms with Gasteiger partial charge in [0.2, 0.25) is 0 Å². The van der Waals surface area contributed by atoms with Gasteiger partial charge in [0, 0.05) is 11.8 Å². The third-order valence-corrected chi connectivity index (χ3v) is 4.39. The maximum Gasteiger partial charge on any atom is 0.331 e. The van der Waals surface area contributed by atoms with Crippen molar-refractivity contribution >= 4 is 46.8 Å². The zero-order valence-electron chi connectivity index (χ0n) is 14.5. The predicted octanol–water partition coefficient (Wildman–Crippen LogP) is 5.14. The van der Waals surface area contributed by atoms with Crippen LogP contribution in [0, 0.1) is 0 Å². The van der Waals surface area contributed by atoms with Crippen LogP contribution in [-0.4, -0.2) is 18.0 Å². The van der Waals surface area contributed by atoms with Crippen LogP contribution in [0.5, 0.6) is 0 Å². The number of hydrogen-bond acceptors (Lipinski definition) is 3. The van der Waals surface area contributed by atoms with E-state index < -0.39 is 18.0 Å². The number of hydrogen-bond donors (Lipinski definition) is 1. The van der Waals surface area contributed by atoms with Crippen molar-refractivity contribution in [2.45, 2.75) is 26.4 Å². The number of carbonyl (C=O) groups is 2. The molecule has 1 unspecified atom stereocenters. The highest BCUT2D eigenvalue weighted by molar-refractivity contribution is 6.42. The molecular weight excluding hydrogens is 373 g/mol. The van der Waals surface area contributed by atoms with Crippen LogP contribution < -0.4 is 5.32 Å². The number of halogens is 2. The molecule has 26 heavy (non-hydrogen) atoms. The van der Waals surface area contributed by atoms with Gasteiger partial charge in [0.25, 0.3) is 5.91 Å². The highest BCUT2D eigenvalue weighted by Crippen LogP contribution is 2.23. The summed E-state index contributed by atoms with van der Waals surface area (Å²) in [6, 6.07) is 12.5. The molecule has 2 aromatic rings. The second-order valence-electron chi connectivity index (χ2n) is 5.63. The zero-order chi connectivity index (χ0) is 19.1. The largest absolute Gasteiger partial charge is 0.449 e. The van der Waals surface area contributed by atoms with Crippen molar-refractivity contribution in [3.63, 3.8) is 0 Å². The van der Waals surface area contributed by atoms with Crippen molar-refractivity contribution in [1.29, 1.82) is 0 Å². The summed E-state index contributed by atoms with van der Waals surface area (Å²) in [5.74, 6) is -1.02. The van der Waals surface area contributed by atoms with Crippen LogP contribution >= 0.6 is 23.2 Å². The van der Waals surface area contributed by atoms with Gasteiger partial charge in [-0.2, -0.15) is 0 Å². The molecule has 0 aromatic heterocycles. The number of anilines is 1. The molecule has 2 rings (SSSR count). The molecule has 0 saturated carbocycles. The number of nitrogens with one attached hydrogen (secondary N) is 1. The fourth-order valence-electron chi connectivity index (χ4n) is 2.12. The van der Waals surface area contributed by atoms with Gasteiger partial charge in [-0.25, -0.2) is 4.79 Å². The molecule has 0 spiro atoms. The van der Waals surface area contributed by atoms with Crippen LogP contribution in [0.15, 0.2) is 48.5 Å². The minimum absolute atomic E-state index is 0.393. The Kier molecular flexibility index (Phi) is 7.25. The van der Waals surface area contributed by atoms with Crippen molar-refractivity contribution in [2.75, 3.05) is 5.32 Å². The summed E-state index contributed by atoms with van der Waals surface area (Å²) in [4.78, 5) is 24.0. The molecular formula is C20H19Cl2NO3. The smallest absolute Gasteiger partial charge is 0.331 e. The van der Waals surface area contributed by atoms with Gasteiger partial charge in [-0.1, -0.05) is 48.3 Å². The average Bonchev–Trinajstić information content (AvgIpc) is 2.63. The second-order valence-corrected chi connectivity index (χ2v) is 6.44. The van der Waals surface area contributed by atoms with Crippen LogP contribution in [0.1, 0.15) is 25.0 Å². The molecule has 2 aromatic carbocycles. The van der Waals surface area contributed by atoms with Gasteiger partial charge < -0.3 is 10.1 Å². The lowest BCUT2D eigenvalue weighted by molar-refractivity contribution is -0.148. The lowest BCUT2D eigenvalue weighted by Crippen LogP contribution is -2.29. The van der Waals surface area contributed by atoms with Gasteiger partial charge in [0.05, 0.1) is 10.0 Å². The molecule has 0 aliphatic rings. The van der Waals surface area contributed by atoms with E-state index in [1.54, 1.807) is 24.3 Å². The summed E-state index contributed by atoms with van der Waals surface area (Å²) >= 11 is 11.8. The Morgan fingerprint density at radius 1 is 1.12 bits per heavy atom. The van der Waals surface area contributed by atoms with E-state index in [9.17, 15) is 9.59 Å². The first kappa shape index (κ1) is 20.0. The summed E-state index contributed by atoms with van der Waals surface area (Å²) in [6.07, 6.45) is 2.78. The normalized spacial score (nSPS) is 12.0. The van der Waals surface area contributed by atoms with Crippen molar-refractivity contribution in [3.8, 4) is 0 Å². The highest BCUT2D eigenvalue weighted by Gasteiger charge is 2.16. The standard InChI is InChI=1S/C20H19Cl2NO3/c1-3-14-4-8-16(9-5-14)23-20(25)13(2)26-19(24)11-7-15-6-10-17(21)18(22)12-15/h4-13H,3H2,1-2H3,(H,23,25). The third-order valence-electron chi connectivity index (χ3n) is 3.65. The molecule has 1 atom stereocenters. The predicted molar refractivity (Wildman–Crippen MR) is 105 cm³/mol. The second kappa shape index (κ2) is 9.41. The van der Waals surface area contributed by atoms with Crippen LogP contribution in [0.4, 0.5) is 5.69 Å². The molecule has 0 saturated heterocycles. The number of esters is 1. The minimum atomic E-state index is -0.924. The summed E-state index contributed by atoms with van der Waals surface area (Å²) in [7, 11) is 0. The fraction of sp³-hybridized carbons (Fsp3) is 0.200. The topological polar surface area (TPSA) is 55.4 Å². The quantitative estimate of drug-likeness (QED) is 0.547. The fourth-order valence-corrected chi connectivity index (χ4v) is 2.42. The molecule has 0 bridgehead atoms. The number of ether oxygens (including phenoxy) is 1. The third kappa shape index (κ3) is 5.90. The molecule has 0 radical (unpaired) electrons. The zero-order valence-corrected chi connectivity index (χ0v) is 16.0. The maximum absolute atomic E-state index is 12.1. The van der Waals surface area contributed by atoms with Gasteiger partial charge in [0.1, 0.15) is 0 Å². The monoisotopic (exact) mass is 391 g/mol. The molecule has 4 nitrogen and oxygen atoms in total. The van der Waals surface area contributed by atoms with E-state index in [1.165, 1.54) is 18.6 Å². The van der Waals surface area contributed by atoms with E-state index in [0.717, 1.165) is 6.42 Å². The first-order chi connectivity index (χ1) is 12.4. The summed E-state index contributed by atoms with van der Waals surface area (Å²) in [6.45, 7) is 3.57. The Morgan fingerprint density at radius 3 is 2.42 bits per heavy atom. The number of benzene rings is 2. The Labute approximate surface area is 162 Å². The molecule has 0 aliphatic heterocycles. The summed E-state index contributed by atoms with van der Waals surface area (Å²) in [5, 5.41) is 3.54. The van der Waals surface area contributed by atoms with Crippen molar-refractivity contribution in [2.24, 2.45) is 0 Å². The Bertz CT molecular complexity index is 816. The Balaban J connectivity index is 1.89.